The molecule has 2 fully saturated rings. The number of benzene rings is 2. The molecule has 0 radical (unpaired) electrons. The molecule has 1 atom stereocenters. The highest BCUT2D eigenvalue weighted by Crippen LogP contribution is 2.34. The van der Waals surface area contributed by atoms with Gasteiger partial charge in [0.25, 0.3) is 0 Å². The van der Waals surface area contributed by atoms with E-state index < -0.39 is 35.4 Å². The van der Waals surface area contributed by atoms with Crippen LogP contribution in [0.2, 0.25) is 0 Å². The zero-order valence-electron chi connectivity index (χ0n) is 17.3. The first-order chi connectivity index (χ1) is 15.2. The Morgan fingerprint density at radius 2 is 1.88 bits per heavy atom. The van der Waals surface area contributed by atoms with Gasteiger partial charge in [-0.15, -0.1) is 0 Å². The molecule has 2 saturated heterocycles. The van der Waals surface area contributed by atoms with E-state index in [-0.39, 0.29) is 5.75 Å². The Morgan fingerprint density at radius 1 is 1.12 bits per heavy atom. The number of hydrogen-bond donors (Lipinski definition) is 1. The second-order valence-electron chi connectivity index (χ2n) is 8.24. The fraction of sp³-hybridized carbons (Fsp3) is 0.435. The summed E-state index contributed by atoms with van der Waals surface area (Å²) in [6, 6.07) is 10.6. The Hall–Kier alpha value is -2.81. The van der Waals surface area contributed by atoms with Crippen LogP contribution in [-0.2, 0) is 10.9 Å². The number of ether oxygens (including phenoxy) is 2. The van der Waals surface area contributed by atoms with Crippen molar-refractivity contribution < 1.29 is 31.8 Å². The molecule has 2 aliphatic rings. The monoisotopic (exact) mass is 452 g/mol. The van der Waals surface area contributed by atoms with Gasteiger partial charge in [0.05, 0.1) is 12.1 Å². The molecule has 1 amide bonds. The molecular formula is C23H24F4N2O3. The lowest BCUT2D eigenvalue weighted by Gasteiger charge is -2.37. The lowest BCUT2D eigenvalue weighted by atomic mass is 9.91. The van der Waals surface area contributed by atoms with Crippen molar-refractivity contribution in [3.63, 3.8) is 0 Å². The lowest BCUT2D eigenvalue weighted by Crippen LogP contribution is -2.47. The minimum absolute atomic E-state index is 0.258. The predicted molar refractivity (Wildman–Crippen MR) is 109 cm³/mol. The first-order valence-corrected chi connectivity index (χ1v) is 10.5. The Kier molecular flexibility index (Phi) is 6.28. The van der Waals surface area contributed by atoms with Gasteiger partial charge in [-0.2, -0.15) is 13.2 Å². The summed E-state index contributed by atoms with van der Waals surface area (Å²) in [4.78, 5) is 13.6. The second kappa shape index (κ2) is 8.97. The molecule has 0 aromatic heterocycles. The van der Waals surface area contributed by atoms with Crippen molar-refractivity contribution in [3.8, 4) is 5.75 Å². The molecule has 1 N–H and O–H groups in total. The first kappa shape index (κ1) is 22.4. The zero-order chi connectivity index (χ0) is 22.8. The predicted octanol–water partition coefficient (Wildman–Crippen LogP) is 4.93. The fourth-order valence-corrected chi connectivity index (χ4v) is 4.18. The number of hydrogen-bond acceptors (Lipinski definition) is 4. The van der Waals surface area contributed by atoms with Crippen LogP contribution in [0.5, 0.6) is 5.75 Å². The van der Waals surface area contributed by atoms with Crippen LogP contribution in [0.15, 0.2) is 48.5 Å². The Morgan fingerprint density at radius 3 is 2.53 bits per heavy atom. The van der Waals surface area contributed by atoms with Crippen molar-refractivity contribution in [3.05, 3.63) is 65.5 Å². The number of rotatable bonds is 6. The Balaban J connectivity index is 1.45. The van der Waals surface area contributed by atoms with Crippen LogP contribution in [0.25, 0.3) is 0 Å². The molecule has 0 aliphatic carbocycles. The van der Waals surface area contributed by atoms with E-state index in [9.17, 15) is 22.4 Å². The summed E-state index contributed by atoms with van der Waals surface area (Å²) >= 11 is 0. The van der Waals surface area contributed by atoms with Crippen LogP contribution in [0.3, 0.4) is 0 Å². The minimum atomic E-state index is -4.46. The smallest absolute Gasteiger partial charge is 0.416 e. The second-order valence-corrected chi connectivity index (χ2v) is 8.24. The number of carbonyl (C=O) groups is 1. The van der Waals surface area contributed by atoms with E-state index in [1.165, 1.54) is 24.3 Å². The van der Waals surface area contributed by atoms with Gasteiger partial charge >= 0.3 is 12.3 Å². The first-order valence-electron chi connectivity index (χ1n) is 10.5. The summed E-state index contributed by atoms with van der Waals surface area (Å²) in [5, 5.41) is 2.69. The third-order valence-electron chi connectivity index (χ3n) is 6.00. The quantitative estimate of drug-likeness (QED) is 0.632. The van der Waals surface area contributed by atoms with Gasteiger partial charge in [-0.3, -0.25) is 0 Å². The molecule has 4 rings (SSSR count). The number of alkyl carbamates (subject to hydrolysis) is 1. The topological polar surface area (TPSA) is 50.8 Å². The maximum absolute atomic E-state index is 13.6. The Bertz CT molecular complexity index is 958. The van der Waals surface area contributed by atoms with Crippen LogP contribution in [-0.4, -0.2) is 42.8 Å². The van der Waals surface area contributed by atoms with Gasteiger partial charge in [0.1, 0.15) is 23.3 Å². The third kappa shape index (κ3) is 5.32. The molecule has 2 aromatic carbocycles. The molecule has 2 aliphatic heterocycles. The van der Waals surface area contributed by atoms with Crippen LogP contribution < -0.4 is 10.1 Å². The molecule has 5 nitrogen and oxygen atoms in total. The number of piperidine rings is 1. The van der Waals surface area contributed by atoms with Gasteiger partial charge in [-0.25, -0.2) is 9.18 Å². The van der Waals surface area contributed by atoms with Crippen molar-refractivity contribution in [1.82, 2.24) is 10.2 Å². The summed E-state index contributed by atoms with van der Waals surface area (Å²) in [5.74, 6) is -0.222. The summed E-state index contributed by atoms with van der Waals surface area (Å²) < 4.78 is 64.6. The van der Waals surface area contributed by atoms with E-state index in [1.54, 1.807) is 12.1 Å². The van der Waals surface area contributed by atoms with Crippen molar-refractivity contribution in [2.45, 2.75) is 37.1 Å². The third-order valence-corrected chi connectivity index (χ3v) is 6.00. The number of alkyl halides is 3. The maximum atomic E-state index is 13.6. The average Bonchev–Trinajstić information content (AvgIpc) is 3.12. The minimum Gasteiger partial charge on any atom is -0.486 e. The highest BCUT2D eigenvalue weighted by Gasteiger charge is 2.42. The maximum Gasteiger partial charge on any atom is 0.416 e. The number of nitrogens with one attached hydrogen (secondary N) is 1. The number of nitrogens with zero attached hydrogens (tertiary/aromatic N) is 1. The van der Waals surface area contributed by atoms with Gasteiger partial charge < -0.3 is 19.7 Å². The van der Waals surface area contributed by atoms with Gasteiger partial charge in [0.2, 0.25) is 0 Å². The van der Waals surface area contributed by atoms with Crippen LogP contribution in [0.4, 0.5) is 22.4 Å². The molecule has 32 heavy (non-hydrogen) atoms. The molecule has 172 valence electrons. The van der Waals surface area contributed by atoms with Crippen LogP contribution in [0.1, 0.15) is 36.5 Å². The largest absolute Gasteiger partial charge is 0.486 e. The molecule has 0 saturated carbocycles. The zero-order valence-corrected chi connectivity index (χ0v) is 17.3. The van der Waals surface area contributed by atoms with E-state index in [0.29, 0.717) is 51.0 Å². The van der Waals surface area contributed by atoms with Gasteiger partial charge in [-0.1, -0.05) is 18.2 Å². The van der Waals surface area contributed by atoms with Crippen molar-refractivity contribution in [2.24, 2.45) is 0 Å². The lowest BCUT2D eigenvalue weighted by molar-refractivity contribution is -0.137. The summed E-state index contributed by atoms with van der Waals surface area (Å²) in [5.41, 5.74) is -0.837. The molecule has 1 unspecified atom stereocenters. The van der Waals surface area contributed by atoms with Crippen LogP contribution >= 0.6 is 0 Å². The normalized spacial score (nSPS) is 19.4. The molecule has 9 heteroatoms. The standard InChI is InChI=1S/C23H24F4N2O3/c24-18-5-2-6-19(14-18)31-20(16-3-1-4-17(13-16)23(25,26)27)7-10-29-11-8-22(9-12-29)15-28-21(30)32-22/h1-6,13-14,20H,7-12,15H2,(H,28,30). The van der Waals surface area contributed by atoms with Gasteiger partial charge in [0, 0.05) is 45.0 Å². The van der Waals surface area contributed by atoms with Gasteiger partial charge in [0.15, 0.2) is 0 Å². The average molecular weight is 452 g/mol. The molecule has 1 spiro atoms. The number of likely N-dealkylation sites (tertiary alicyclic amines) is 1. The summed E-state index contributed by atoms with van der Waals surface area (Å²) in [7, 11) is 0. The van der Waals surface area contributed by atoms with E-state index in [1.807, 2.05) is 0 Å². The fourth-order valence-electron chi connectivity index (χ4n) is 4.18. The van der Waals surface area contributed by atoms with E-state index in [2.05, 4.69) is 10.2 Å². The van der Waals surface area contributed by atoms with Crippen molar-refractivity contribution >= 4 is 6.09 Å². The molecular weight excluding hydrogens is 428 g/mol. The van der Waals surface area contributed by atoms with E-state index in [0.717, 1.165) is 12.1 Å². The summed E-state index contributed by atoms with van der Waals surface area (Å²) in [6.45, 7) is 2.47. The molecule has 2 aromatic rings. The molecule has 2 heterocycles. The highest BCUT2D eigenvalue weighted by molar-refractivity contribution is 5.70. The molecule has 0 bridgehead atoms. The number of halogens is 4. The van der Waals surface area contributed by atoms with Crippen molar-refractivity contribution in [1.29, 1.82) is 0 Å². The number of amides is 1. The Labute approximate surface area is 183 Å². The van der Waals surface area contributed by atoms with E-state index in [4.69, 9.17) is 9.47 Å². The number of carbonyl (C=O) groups excluding carboxylic acids is 1. The van der Waals surface area contributed by atoms with E-state index >= 15 is 0 Å². The van der Waals surface area contributed by atoms with Gasteiger partial charge in [-0.05, 0) is 29.8 Å². The van der Waals surface area contributed by atoms with Crippen molar-refractivity contribution in [2.75, 3.05) is 26.2 Å². The van der Waals surface area contributed by atoms with Crippen LogP contribution in [0, 0.1) is 5.82 Å². The SMILES string of the molecule is O=C1NCC2(CCN(CCC(Oc3cccc(F)c3)c3cccc(C(F)(F)F)c3)CC2)O1. The summed E-state index contributed by atoms with van der Waals surface area (Å²) in [6.07, 6.45) is -3.75. The highest BCUT2D eigenvalue weighted by atomic mass is 19.4.